The molecule has 1 aromatic carbocycles. The highest BCUT2D eigenvalue weighted by Gasteiger charge is 2.39. The van der Waals surface area contributed by atoms with Gasteiger partial charge >= 0.3 is 5.97 Å². The van der Waals surface area contributed by atoms with E-state index in [2.05, 4.69) is 30.1 Å². The zero-order chi connectivity index (χ0) is 33.7. The van der Waals surface area contributed by atoms with Crippen molar-refractivity contribution in [3.63, 3.8) is 0 Å². The lowest BCUT2D eigenvalue weighted by atomic mass is 9.95. The largest absolute Gasteiger partial charge is 0.456 e. The average molecular weight is 637 g/mol. The summed E-state index contributed by atoms with van der Waals surface area (Å²) in [5.41, 5.74) is 2.76. The Morgan fingerprint density at radius 3 is 2.28 bits per heavy atom. The van der Waals surface area contributed by atoms with Crippen molar-refractivity contribution in [2.45, 2.75) is 130 Å². The lowest BCUT2D eigenvalue weighted by molar-refractivity contribution is -0.157. The number of piperidine rings is 1. The number of nitrogens with one attached hydrogen (secondary N) is 1. The molecule has 3 amide bonds. The van der Waals surface area contributed by atoms with Gasteiger partial charge in [-0.2, -0.15) is 0 Å². The molecule has 2 fully saturated rings. The van der Waals surface area contributed by atoms with Crippen LogP contribution in [0, 0.1) is 11.8 Å². The first kappa shape index (κ1) is 35.7. The molecular formula is C37H56N4O5. The molecular weight excluding hydrogens is 580 g/mol. The topological polar surface area (TPSA) is 99.3 Å². The van der Waals surface area contributed by atoms with Crippen molar-refractivity contribution in [1.82, 2.24) is 20.0 Å². The predicted octanol–water partition coefficient (Wildman–Crippen LogP) is 5.04. The van der Waals surface area contributed by atoms with Crippen LogP contribution in [0.15, 0.2) is 35.9 Å². The molecule has 9 nitrogen and oxygen atoms in total. The number of hydrogen-bond acceptors (Lipinski definition) is 6. The number of carbonyl (C=O) groups is 4. The molecule has 1 N–H and O–H groups in total. The van der Waals surface area contributed by atoms with Crippen LogP contribution in [0.3, 0.4) is 0 Å². The van der Waals surface area contributed by atoms with Crippen molar-refractivity contribution in [2.75, 3.05) is 20.1 Å². The van der Waals surface area contributed by atoms with Gasteiger partial charge in [0.05, 0.1) is 12.1 Å². The summed E-state index contributed by atoms with van der Waals surface area (Å²) in [5.74, 6) is -0.931. The summed E-state index contributed by atoms with van der Waals surface area (Å²) in [6.45, 7) is 15.3. The van der Waals surface area contributed by atoms with Crippen LogP contribution in [0.2, 0.25) is 0 Å². The highest BCUT2D eigenvalue weighted by molar-refractivity contribution is 5.96. The van der Waals surface area contributed by atoms with E-state index in [9.17, 15) is 19.2 Å². The van der Waals surface area contributed by atoms with Crippen molar-refractivity contribution < 1.29 is 23.9 Å². The molecule has 5 atom stereocenters. The summed E-state index contributed by atoms with van der Waals surface area (Å²) < 4.78 is 5.97. The standard InChI is InChI=1S/C37H56N4O5/c1-23(2)31(39(8)36(44)33(24(3)4)38-34(42)29-16-11-12-20-40(29)25(5)6)22-26(7)35(43)41-21-13-17-30(41)37(45)46-32-19-18-27-14-9-10-15-28(27)32/h9-10,14-15,22-25,29-33H,11-13,16-21H2,1-8H3,(H,38,42)/b26-22+/t29-,30+,31-,32?,33+/m1/s1. The van der Waals surface area contributed by atoms with Crippen molar-refractivity contribution in [3.05, 3.63) is 47.0 Å². The zero-order valence-corrected chi connectivity index (χ0v) is 29.3. The summed E-state index contributed by atoms with van der Waals surface area (Å²) in [6, 6.07) is 6.39. The van der Waals surface area contributed by atoms with Crippen molar-refractivity contribution >= 4 is 23.7 Å². The Morgan fingerprint density at radius 1 is 0.913 bits per heavy atom. The number of hydrogen-bond donors (Lipinski definition) is 1. The molecule has 4 rings (SSSR count). The van der Waals surface area contributed by atoms with E-state index in [1.165, 1.54) is 5.56 Å². The predicted molar refractivity (Wildman–Crippen MR) is 180 cm³/mol. The smallest absolute Gasteiger partial charge is 0.329 e. The SMILES string of the molecule is C/C(=C\[C@H](C(C)C)N(C)C(=O)[C@@H](NC(=O)[C@H]1CCCCN1C(C)C)C(C)C)C(=O)N1CCC[C@H]1C(=O)OC1CCc2ccccc21. The maximum Gasteiger partial charge on any atom is 0.329 e. The van der Waals surface area contributed by atoms with Crippen molar-refractivity contribution in [2.24, 2.45) is 11.8 Å². The summed E-state index contributed by atoms with van der Waals surface area (Å²) in [6.07, 6.45) is 7.38. The summed E-state index contributed by atoms with van der Waals surface area (Å²) in [7, 11) is 1.75. The molecule has 0 spiro atoms. The number of rotatable bonds is 11. The molecule has 254 valence electrons. The molecule has 1 aromatic rings. The molecule has 0 radical (unpaired) electrons. The number of nitrogens with zero attached hydrogens (tertiary/aromatic N) is 3. The molecule has 1 unspecified atom stereocenters. The first-order valence-electron chi connectivity index (χ1n) is 17.4. The first-order valence-corrected chi connectivity index (χ1v) is 17.4. The van der Waals surface area contributed by atoms with Crippen LogP contribution < -0.4 is 5.32 Å². The highest BCUT2D eigenvalue weighted by Crippen LogP contribution is 2.35. The zero-order valence-electron chi connectivity index (χ0n) is 29.3. The van der Waals surface area contributed by atoms with Gasteiger partial charge in [0.25, 0.3) is 0 Å². The third-order valence-electron chi connectivity index (χ3n) is 10.1. The first-order chi connectivity index (χ1) is 21.8. The van der Waals surface area contributed by atoms with Crippen LogP contribution in [0.5, 0.6) is 0 Å². The third kappa shape index (κ3) is 8.01. The van der Waals surface area contributed by atoms with Crippen LogP contribution in [0.4, 0.5) is 0 Å². The number of benzene rings is 1. The van der Waals surface area contributed by atoms with Crippen LogP contribution in [0.1, 0.15) is 104 Å². The molecule has 2 saturated heterocycles. The Bertz CT molecular complexity index is 1290. The fourth-order valence-electron chi connectivity index (χ4n) is 7.40. The number of likely N-dealkylation sites (tertiary alicyclic amines) is 2. The molecule has 0 saturated carbocycles. The third-order valence-corrected chi connectivity index (χ3v) is 10.1. The van der Waals surface area contributed by atoms with E-state index in [0.717, 1.165) is 50.6 Å². The Kier molecular flexibility index (Phi) is 12.1. The fourth-order valence-corrected chi connectivity index (χ4v) is 7.40. The summed E-state index contributed by atoms with van der Waals surface area (Å²) in [5, 5.41) is 3.10. The van der Waals surface area contributed by atoms with E-state index in [4.69, 9.17) is 4.74 Å². The maximum atomic E-state index is 14.0. The minimum Gasteiger partial charge on any atom is -0.456 e. The van der Waals surface area contributed by atoms with Crippen molar-refractivity contribution in [1.29, 1.82) is 0 Å². The molecule has 0 bridgehead atoms. The van der Waals surface area contributed by atoms with Gasteiger partial charge in [0.1, 0.15) is 18.2 Å². The number of likely N-dealkylation sites (N-methyl/N-ethyl adjacent to an activating group) is 1. The fraction of sp³-hybridized carbons (Fsp3) is 0.676. The van der Waals surface area contributed by atoms with Gasteiger partial charge in [0, 0.05) is 25.2 Å². The van der Waals surface area contributed by atoms with Crippen LogP contribution in [-0.4, -0.2) is 88.7 Å². The van der Waals surface area contributed by atoms with E-state index < -0.39 is 12.1 Å². The van der Waals surface area contributed by atoms with E-state index in [1.54, 1.807) is 23.8 Å². The second-order valence-electron chi connectivity index (χ2n) is 14.4. The Labute approximate surface area is 276 Å². The van der Waals surface area contributed by atoms with E-state index in [1.807, 2.05) is 52.0 Å². The Balaban J connectivity index is 1.44. The highest BCUT2D eigenvalue weighted by atomic mass is 16.5. The van der Waals surface area contributed by atoms with Gasteiger partial charge in [0.15, 0.2) is 0 Å². The number of ether oxygens (including phenoxy) is 1. The average Bonchev–Trinajstić information content (AvgIpc) is 3.68. The van der Waals surface area contributed by atoms with Crippen LogP contribution in [0.25, 0.3) is 0 Å². The minimum atomic E-state index is -0.683. The van der Waals surface area contributed by atoms with Gasteiger partial charge in [-0.15, -0.1) is 0 Å². The van der Waals surface area contributed by atoms with Gasteiger partial charge in [-0.3, -0.25) is 19.3 Å². The molecule has 0 aromatic heterocycles. The number of esters is 1. The Morgan fingerprint density at radius 2 is 1.61 bits per heavy atom. The minimum absolute atomic E-state index is 0.0109. The van der Waals surface area contributed by atoms with Gasteiger partial charge in [-0.25, -0.2) is 4.79 Å². The molecule has 1 aliphatic carbocycles. The number of aryl methyl sites for hydroxylation is 1. The van der Waals surface area contributed by atoms with Gasteiger partial charge in [-0.1, -0.05) is 64.5 Å². The molecule has 3 aliphatic rings. The van der Waals surface area contributed by atoms with E-state index >= 15 is 0 Å². The van der Waals surface area contributed by atoms with Crippen LogP contribution in [-0.2, 0) is 30.3 Å². The Hall–Kier alpha value is -3.20. The van der Waals surface area contributed by atoms with E-state index in [0.29, 0.717) is 18.5 Å². The molecule has 2 aliphatic heterocycles. The van der Waals surface area contributed by atoms with E-state index in [-0.39, 0.29) is 59.8 Å². The van der Waals surface area contributed by atoms with Gasteiger partial charge in [-0.05, 0) is 88.8 Å². The molecule has 9 heteroatoms. The lowest BCUT2D eigenvalue weighted by Gasteiger charge is -2.39. The van der Waals surface area contributed by atoms with Gasteiger partial charge in [0.2, 0.25) is 17.7 Å². The summed E-state index contributed by atoms with van der Waals surface area (Å²) >= 11 is 0. The number of fused-ring (bicyclic) bond motifs is 1. The second kappa shape index (κ2) is 15.6. The normalized spacial score (nSPS) is 23.4. The lowest BCUT2D eigenvalue weighted by Crippen LogP contribution is -2.58. The van der Waals surface area contributed by atoms with Crippen molar-refractivity contribution in [3.8, 4) is 0 Å². The molecule has 46 heavy (non-hydrogen) atoms. The monoisotopic (exact) mass is 636 g/mol. The maximum absolute atomic E-state index is 14.0. The number of carbonyl (C=O) groups excluding carboxylic acids is 4. The summed E-state index contributed by atoms with van der Waals surface area (Å²) in [4.78, 5) is 60.1. The quantitative estimate of drug-likeness (QED) is 0.270. The van der Waals surface area contributed by atoms with Crippen LogP contribution >= 0.6 is 0 Å². The number of amides is 3. The van der Waals surface area contributed by atoms with Gasteiger partial charge < -0.3 is 19.9 Å². The second-order valence-corrected chi connectivity index (χ2v) is 14.4. The molecule has 2 heterocycles.